The molecule has 6 rings (SSSR count). The molecule has 3 aromatic rings. The first-order valence-corrected chi connectivity index (χ1v) is 15.6. The highest BCUT2D eigenvalue weighted by molar-refractivity contribution is 6.05. The Kier molecular flexibility index (Phi) is 9.33. The molecule has 1 atom stereocenters. The summed E-state index contributed by atoms with van der Waals surface area (Å²) < 4.78 is 64.8. The fraction of sp³-hybridized carbons (Fsp3) is 0.455. The van der Waals surface area contributed by atoms with Crippen LogP contribution in [0, 0.1) is 0 Å². The molecule has 0 spiro atoms. The summed E-state index contributed by atoms with van der Waals surface area (Å²) in [4.78, 5) is 45.3. The van der Waals surface area contributed by atoms with Gasteiger partial charge in [-0.25, -0.2) is 13.8 Å². The number of aryl methyl sites for hydroxylation is 1. The second-order valence-corrected chi connectivity index (χ2v) is 12.3. The molecule has 2 aliphatic heterocycles. The molecular formula is C33H35F4N5O5. The molecule has 0 unspecified atom stereocenters. The van der Waals surface area contributed by atoms with Gasteiger partial charge in [-0.3, -0.25) is 14.4 Å². The highest BCUT2D eigenvalue weighted by Crippen LogP contribution is 2.42. The third kappa shape index (κ3) is 7.82. The second-order valence-electron chi connectivity index (χ2n) is 12.3. The molecule has 0 bridgehead atoms. The van der Waals surface area contributed by atoms with Crippen LogP contribution >= 0.6 is 0 Å². The third-order valence-electron chi connectivity index (χ3n) is 8.43. The topological polar surface area (TPSA) is 115 Å². The first kappa shape index (κ1) is 32.6. The maximum absolute atomic E-state index is 13.6. The Morgan fingerprint density at radius 3 is 2.55 bits per heavy atom. The van der Waals surface area contributed by atoms with E-state index in [4.69, 9.17) is 4.74 Å². The number of alkyl halides is 4. The lowest BCUT2D eigenvalue weighted by Crippen LogP contribution is -2.58. The van der Waals surface area contributed by atoms with E-state index in [0.717, 1.165) is 55.2 Å². The van der Waals surface area contributed by atoms with E-state index < -0.39 is 43.0 Å². The highest BCUT2D eigenvalue weighted by Gasteiger charge is 2.46. The number of halogens is 4. The standard InChI is InChI=1S/C33H35F4N5O5/c1-41-16-19(14-38-15-23-4-2-3-9-46-23)10-26(30(41)44)29(43)40-28-12-21(11-27(39-28)20-5-6-20)24-8-7-22(47-32(34)35)13-25(24)31(45)42-17-33(36,37)18-42/h7-8,10-13,16,20,23,32,38H,2-6,9,14-15,17-18H2,1H3,(H,39,40,43)/t23-/m0/s1. The van der Waals surface area contributed by atoms with Crippen molar-refractivity contribution in [1.82, 2.24) is 19.8 Å². The molecular weight excluding hydrogens is 622 g/mol. The van der Waals surface area contributed by atoms with Gasteiger partial charge in [0.05, 0.1) is 24.8 Å². The average molecular weight is 658 g/mol. The van der Waals surface area contributed by atoms with Crippen LogP contribution in [0.3, 0.4) is 0 Å². The number of ether oxygens (including phenoxy) is 2. The van der Waals surface area contributed by atoms with E-state index in [1.165, 1.54) is 28.8 Å². The molecule has 1 aliphatic carbocycles. The van der Waals surface area contributed by atoms with Crippen molar-refractivity contribution in [2.24, 2.45) is 7.05 Å². The first-order valence-electron chi connectivity index (χ1n) is 15.6. The van der Waals surface area contributed by atoms with Gasteiger partial charge in [0.15, 0.2) is 0 Å². The van der Waals surface area contributed by atoms with E-state index in [9.17, 15) is 31.9 Å². The first-order chi connectivity index (χ1) is 22.5. The van der Waals surface area contributed by atoms with Crippen molar-refractivity contribution in [3.8, 4) is 16.9 Å². The minimum absolute atomic E-state index is 0.0932. The van der Waals surface area contributed by atoms with Gasteiger partial charge in [-0.05, 0) is 85.2 Å². The summed E-state index contributed by atoms with van der Waals surface area (Å²) in [7, 11) is 1.56. The van der Waals surface area contributed by atoms with Crippen molar-refractivity contribution in [2.75, 3.05) is 31.6 Å². The summed E-state index contributed by atoms with van der Waals surface area (Å²) in [5.41, 5.74) is 1.30. The summed E-state index contributed by atoms with van der Waals surface area (Å²) in [5, 5.41) is 6.04. The summed E-state index contributed by atoms with van der Waals surface area (Å²) in [6, 6.07) is 8.49. The number of nitrogens with zero attached hydrogens (tertiary/aromatic N) is 3. The van der Waals surface area contributed by atoms with Crippen LogP contribution in [0.1, 0.15) is 70.0 Å². The summed E-state index contributed by atoms with van der Waals surface area (Å²) >= 11 is 0. The van der Waals surface area contributed by atoms with Crippen LogP contribution in [0.2, 0.25) is 0 Å². The van der Waals surface area contributed by atoms with Crippen LogP contribution in [0.5, 0.6) is 5.75 Å². The molecule has 1 saturated carbocycles. The predicted octanol–water partition coefficient (Wildman–Crippen LogP) is 4.93. The minimum Gasteiger partial charge on any atom is -0.435 e. The number of benzene rings is 1. The number of amides is 2. The fourth-order valence-corrected chi connectivity index (χ4v) is 5.88. The van der Waals surface area contributed by atoms with E-state index in [1.807, 2.05) is 0 Å². The maximum Gasteiger partial charge on any atom is 0.387 e. The molecule has 10 nitrogen and oxygen atoms in total. The van der Waals surface area contributed by atoms with Crippen molar-refractivity contribution in [3.63, 3.8) is 0 Å². The van der Waals surface area contributed by atoms with Crippen LogP contribution < -0.4 is 20.9 Å². The molecule has 3 fully saturated rings. The molecule has 3 aliphatic rings. The monoisotopic (exact) mass is 657 g/mol. The zero-order chi connectivity index (χ0) is 33.3. The Morgan fingerprint density at radius 2 is 1.87 bits per heavy atom. The van der Waals surface area contributed by atoms with Crippen molar-refractivity contribution in [2.45, 2.75) is 63.2 Å². The van der Waals surface area contributed by atoms with Crippen LogP contribution in [0.15, 0.2) is 47.4 Å². The van der Waals surface area contributed by atoms with Gasteiger partial charge in [-0.15, -0.1) is 0 Å². The van der Waals surface area contributed by atoms with Gasteiger partial charge in [0, 0.05) is 44.6 Å². The average Bonchev–Trinajstić information content (AvgIpc) is 3.87. The number of pyridine rings is 2. The molecule has 0 radical (unpaired) electrons. The van der Waals surface area contributed by atoms with Gasteiger partial charge >= 0.3 is 6.61 Å². The number of carbonyl (C=O) groups excluding carboxylic acids is 2. The Hall–Kier alpha value is -4.30. The van der Waals surface area contributed by atoms with Crippen molar-refractivity contribution in [3.05, 3.63) is 75.3 Å². The largest absolute Gasteiger partial charge is 0.435 e. The van der Waals surface area contributed by atoms with E-state index in [0.29, 0.717) is 24.3 Å². The predicted molar refractivity (Wildman–Crippen MR) is 164 cm³/mol. The number of hydrogen-bond acceptors (Lipinski definition) is 7. The van der Waals surface area contributed by atoms with Crippen LogP contribution in [-0.2, 0) is 18.3 Å². The molecule has 2 saturated heterocycles. The molecule has 14 heteroatoms. The maximum atomic E-state index is 13.6. The Labute approximate surface area is 268 Å². The quantitative estimate of drug-likeness (QED) is 0.281. The minimum atomic E-state index is -3.16. The lowest BCUT2D eigenvalue weighted by molar-refractivity contribution is -0.113. The molecule has 2 aromatic heterocycles. The van der Waals surface area contributed by atoms with Gasteiger partial charge in [0.25, 0.3) is 23.3 Å². The van der Waals surface area contributed by atoms with Gasteiger partial charge < -0.3 is 29.6 Å². The molecule has 47 heavy (non-hydrogen) atoms. The third-order valence-corrected chi connectivity index (χ3v) is 8.43. The van der Waals surface area contributed by atoms with E-state index >= 15 is 0 Å². The lowest BCUT2D eigenvalue weighted by Gasteiger charge is -2.39. The molecule has 1 aromatic carbocycles. The second kappa shape index (κ2) is 13.4. The van der Waals surface area contributed by atoms with E-state index in [2.05, 4.69) is 20.4 Å². The highest BCUT2D eigenvalue weighted by atomic mass is 19.3. The number of likely N-dealkylation sites (tertiary alicyclic amines) is 1. The van der Waals surface area contributed by atoms with Crippen molar-refractivity contribution >= 4 is 17.6 Å². The number of aromatic nitrogens is 2. The van der Waals surface area contributed by atoms with Crippen LogP contribution in [0.4, 0.5) is 23.4 Å². The molecule has 2 amide bonds. The fourth-order valence-electron chi connectivity index (χ4n) is 5.88. The van der Waals surface area contributed by atoms with Crippen molar-refractivity contribution < 1.29 is 36.6 Å². The molecule has 4 heterocycles. The molecule has 250 valence electrons. The van der Waals surface area contributed by atoms with Gasteiger partial charge in [0.2, 0.25) is 0 Å². The summed E-state index contributed by atoms with van der Waals surface area (Å²) in [5.74, 6) is -4.60. The Bertz CT molecular complexity index is 1710. The summed E-state index contributed by atoms with van der Waals surface area (Å²) in [6.07, 6.45) is 6.61. The lowest BCUT2D eigenvalue weighted by atomic mass is 9.96. The SMILES string of the molecule is Cn1cc(CNC[C@@H]2CCCCO2)cc(C(=O)Nc2cc(-c3ccc(OC(F)F)cc3C(=O)N3CC(F)(F)C3)cc(C3CC3)n2)c1=O. The van der Waals surface area contributed by atoms with Crippen LogP contribution in [0.25, 0.3) is 11.1 Å². The van der Waals surface area contributed by atoms with E-state index in [1.54, 1.807) is 19.3 Å². The van der Waals surface area contributed by atoms with Crippen LogP contribution in [-0.4, -0.2) is 71.1 Å². The zero-order valence-electron chi connectivity index (χ0n) is 25.7. The van der Waals surface area contributed by atoms with Crippen molar-refractivity contribution in [1.29, 1.82) is 0 Å². The Morgan fingerprint density at radius 1 is 1.09 bits per heavy atom. The zero-order valence-corrected chi connectivity index (χ0v) is 25.7. The number of carbonyl (C=O) groups is 2. The Balaban J connectivity index is 1.27. The number of nitrogens with one attached hydrogen (secondary N) is 2. The normalized spacial score (nSPS) is 18.9. The molecule has 2 N–H and O–H groups in total. The number of anilines is 1. The summed E-state index contributed by atoms with van der Waals surface area (Å²) in [6.45, 7) is -2.96. The van der Waals surface area contributed by atoms with Gasteiger partial charge in [0.1, 0.15) is 17.1 Å². The van der Waals surface area contributed by atoms with Gasteiger partial charge in [-0.2, -0.15) is 8.78 Å². The van der Waals surface area contributed by atoms with E-state index in [-0.39, 0.29) is 40.3 Å². The number of rotatable bonds is 11. The van der Waals surface area contributed by atoms with Gasteiger partial charge in [-0.1, -0.05) is 0 Å². The smallest absolute Gasteiger partial charge is 0.387 e. The number of hydrogen-bond donors (Lipinski definition) is 2.